The van der Waals surface area contributed by atoms with Crippen LogP contribution in [0.15, 0.2) is 0 Å². The highest BCUT2D eigenvalue weighted by molar-refractivity contribution is 6.74. The Balaban J connectivity index is 2.29. The van der Waals surface area contributed by atoms with Gasteiger partial charge in [0.15, 0.2) is 20.7 Å². The molecule has 0 saturated heterocycles. The van der Waals surface area contributed by atoms with Crippen molar-refractivity contribution in [3.05, 3.63) is 0 Å². The maximum absolute atomic E-state index is 13.2. The first-order valence-electron chi connectivity index (χ1n) is 9.67. The minimum absolute atomic E-state index is 0.00946. The van der Waals surface area contributed by atoms with Gasteiger partial charge in [-0.2, -0.15) is 0 Å². The van der Waals surface area contributed by atoms with E-state index in [4.69, 9.17) is 15.6 Å². The summed E-state index contributed by atoms with van der Waals surface area (Å²) in [4.78, 5) is 25.6. The lowest BCUT2D eigenvalue weighted by molar-refractivity contribution is -0.150. The van der Waals surface area contributed by atoms with Crippen LogP contribution < -0.4 is 0 Å². The third-order valence-electron chi connectivity index (χ3n) is 7.22. The van der Waals surface area contributed by atoms with Crippen molar-refractivity contribution in [3.8, 4) is 12.3 Å². The van der Waals surface area contributed by atoms with Gasteiger partial charge in [0.05, 0.1) is 6.10 Å². The van der Waals surface area contributed by atoms with Crippen molar-refractivity contribution in [1.82, 2.24) is 0 Å². The molecule has 0 N–H and O–H groups in total. The minimum Gasteiger partial charge on any atom is -0.452 e. The summed E-state index contributed by atoms with van der Waals surface area (Å²) in [5.74, 6) is 1.26. The molecule has 26 heavy (non-hydrogen) atoms. The fourth-order valence-corrected chi connectivity index (χ4v) is 5.69. The maximum atomic E-state index is 13.2. The molecule has 5 atom stereocenters. The number of esters is 1. The first-order valence-corrected chi connectivity index (χ1v) is 12.6. The van der Waals surface area contributed by atoms with E-state index in [2.05, 4.69) is 53.6 Å². The summed E-state index contributed by atoms with van der Waals surface area (Å²) >= 11 is 0. The van der Waals surface area contributed by atoms with Crippen molar-refractivity contribution in [2.75, 3.05) is 6.61 Å². The molecule has 146 valence electrons. The molecule has 2 rings (SSSR count). The van der Waals surface area contributed by atoms with E-state index < -0.39 is 20.2 Å². The second-order valence-electron chi connectivity index (χ2n) is 9.85. The zero-order valence-electron chi connectivity index (χ0n) is 17.3. The van der Waals surface area contributed by atoms with E-state index in [1.807, 2.05) is 0 Å². The lowest BCUT2D eigenvalue weighted by Gasteiger charge is -2.49. The second kappa shape index (κ2) is 7.13. The quantitative estimate of drug-likeness (QED) is 0.318. The van der Waals surface area contributed by atoms with Crippen LogP contribution in [-0.4, -0.2) is 32.8 Å². The first kappa shape index (κ1) is 21.2. The Labute approximate surface area is 159 Å². The van der Waals surface area contributed by atoms with E-state index in [0.29, 0.717) is 12.3 Å². The Morgan fingerprint density at radius 2 is 1.96 bits per heavy atom. The van der Waals surface area contributed by atoms with Crippen LogP contribution in [0.25, 0.3) is 0 Å². The number of fused-ring (bicyclic) bond motifs is 1. The summed E-state index contributed by atoms with van der Waals surface area (Å²) in [6, 6.07) is 0. The van der Waals surface area contributed by atoms with E-state index in [9.17, 15) is 9.59 Å². The van der Waals surface area contributed by atoms with Gasteiger partial charge in [-0.1, -0.05) is 40.5 Å². The van der Waals surface area contributed by atoms with Crippen molar-refractivity contribution in [3.63, 3.8) is 0 Å². The van der Waals surface area contributed by atoms with Crippen molar-refractivity contribution in [1.29, 1.82) is 0 Å². The topological polar surface area (TPSA) is 52.6 Å². The van der Waals surface area contributed by atoms with Gasteiger partial charge in [-0.25, -0.2) is 0 Å². The molecule has 2 aliphatic rings. The standard InChI is InChI=1S/C21H34O4Si/c1-9-12-24-19(23)15-13-21(6)14(2)10-11-16(17(21)18(15)22)25-26(7,8)20(3,4)5/h1,14-17H,10-13H2,2-8H3/t14-,15?,16-,17+,21+/m0/s1. The molecular formula is C21H34O4Si. The summed E-state index contributed by atoms with van der Waals surface area (Å²) in [7, 11) is -2.00. The molecule has 5 heteroatoms. The van der Waals surface area contributed by atoms with E-state index in [-0.39, 0.29) is 34.9 Å². The molecule has 0 spiro atoms. The van der Waals surface area contributed by atoms with Crippen LogP contribution in [0, 0.1) is 35.5 Å². The van der Waals surface area contributed by atoms with Gasteiger partial charge < -0.3 is 9.16 Å². The van der Waals surface area contributed by atoms with Crippen LogP contribution in [0.2, 0.25) is 18.1 Å². The first-order chi connectivity index (χ1) is 11.8. The number of rotatable bonds is 4. The van der Waals surface area contributed by atoms with E-state index in [1.165, 1.54) is 0 Å². The lowest BCUT2D eigenvalue weighted by atomic mass is 9.62. The van der Waals surface area contributed by atoms with Gasteiger partial charge >= 0.3 is 5.97 Å². The molecule has 2 fully saturated rings. The molecule has 0 heterocycles. The second-order valence-corrected chi connectivity index (χ2v) is 14.6. The molecule has 0 bridgehead atoms. The Morgan fingerprint density at radius 3 is 2.50 bits per heavy atom. The van der Waals surface area contributed by atoms with Gasteiger partial charge in [0.25, 0.3) is 0 Å². The van der Waals surface area contributed by atoms with E-state index in [0.717, 1.165) is 12.8 Å². The summed E-state index contributed by atoms with van der Waals surface area (Å²) in [5, 5.41) is 0.0826. The number of ketones is 1. The third kappa shape index (κ3) is 3.64. The molecule has 2 saturated carbocycles. The summed E-state index contributed by atoms with van der Waals surface area (Å²) in [6.45, 7) is 15.3. The number of hydrogen-bond donors (Lipinski definition) is 0. The Hall–Kier alpha value is -1.12. The van der Waals surface area contributed by atoms with Crippen molar-refractivity contribution in [2.45, 2.75) is 78.1 Å². The lowest BCUT2D eigenvalue weighted by Crippen LogP contribution is -2.52. The highest BCUT2D eigenvalue weighted by Gasteiger charge is 2.61. The van der Waals surface area contributed by atoms with E-state index >= 15 is 0 Å². The maximum Gasteiger partial charge on any atom is 0.317 e. The predicted octanol–water partition coefficient (Wildman–Crippen LogP) is 4.19. The highest BCUT2D eigenvalue weighted by Crippen LogP contribution is 2.57. The van der Waals surface area contributed by atoms with Crippen LogP contribution in [0.4, 0.5) is 0 Å². The molecule has 0 aliphatic heterocycles. The van der Waals surface area contributed by atoms with Gasteiger partial charge in [0.2, 0.25) is 0 Å². The van der Waals surface area contributed by atoms with Crippen molar-refractivity contribution < 1.29 is 18.8 Å². The summed E-state index contributed by atoms with van der Waals surface area (Å²) < 4.78 is 11.8. The number of hydrogen-bond acceptors (Lipinski definition) is 4. The molecule has 0 aromatic heterocycles. The van der Waals surface area contributed by atoms with Gasteiger partial charge in [-0.05, 0) is 48.7 Å². The van der Waals surface area contributed by atoms with E-state index in [1.54, 1.807) is 0 Å². The fourth-order valence-electron chi connectivity index (χ4n) is 4.33. The molecule has 0 radical (unpaired) electrons. The molecular weight excluding hydrogens is 344 g/mol. The fraction of sp³-hybridized carbons (Fsp3) is 0.810. The molecule has 0 aromatic carbocycles. The molecule has 0 aromatic rings. The van der Waals surface area contributed by atoms with Crippen LogP contribution in [0.5, 0.6) is 0 Å². The number of ether oxygens (including phenoxy) is 1. The monoisotopic (exact) mass is 378 g/mol. The Kier molecular flexibility index (Phi) is 5.80. The molecule has 1 unspecified atom stereocenters. The van der Waals surface area contributed by atoms with Gasteiger partial charge in [0, 0.05) is 5.92 Å². The van der Waals surface area contributed by atoms with Crippen LogP contribution >= 0.6 is 0 Å². The average Bonchev–Trinajstić information content (AvgIpc) is 2.80. The third-order valence-corrected chi connectivity index (χ3v) is 11.7. The van der Waals surface area contributed by atoms with Crippen LogP contribution in [0.3, 0.4) is 0 Å². The number of terminal acetylenes is 1. The average molecular weight is 379 g/mol. The number of carbonyl (C=O) groups excluding carboxylic acids is 2. The SMILES string of the molecule is C#CCOC(=O)C1C[C@]2(C)[C@@H](C)CC[C@H](O[Si](C)(C)C(C)(C)C)[C@@H]2C1=O. The number of carbonyl (C=O) groups is 2. The van der Waals surface area contributed by atoms with Gasteiger partial charge in [0.1, 0.15) is 5.92 Å². The summed E-state index contributed by atoms with van der Waals surface area (Å²) in [6.07, 6.45) is 7.52. The predicted molar refractivity (Wildman–Crippen MR) is 105 cm³/mol. The normalized spacial score (nSPS) is 34.9. The molecule has 4 nitrogen and oxygen atoms in total. The highest BCUT2D eigenvalue weighted by atomic mass is 28.4. The van der Waals surface area contributed by atoms with Crippen molar-refractivity contribution in [2.24, 2.45) is 23.2 Å². The minimum atomic E-state index is -2.00. The van der Waals surface area contributed by atoms with Crippen LogP contribution in [0.1, 0.15) is 53.9 Å². The van der Waals surface area contributed by atoms with Crippen LogP contribution in [-0.2, 0) is 18.8 Å². The largest absolute Gasteiger partial charge is 0.452 e. The number of Topliss-reactive ketones (excluding diaryl/α,β-unsaturated/α-hetero) is 1. The molecule has 2 aliphatic carbocycles. The molecule has 0 amide bonds. The van der Waals surface area contributed by atoms with Gasteiger partial charge in [-0.15, -0.1) is 6.42 Å². The Morgan fingerprint density at radius 1 is 1.35 bits per heavy atom. The Bertz CT molecular complexity index is 612. The van der Waals surface area contributed by atoms with Gasteiger partial charge in [-0.3, -0.25) is 9.59 Å². The zero-order chi connectivity index (χ0) is 19.9. The smallest absolute Gasteiger partial charge is 0.317 e. The zero-order valence-corrected chi connectivity index (χ0v) is 18.3. The van der Waals surface area contributed by atoms with Crippen molar-refractivity contribution >= 4 is 20.1 Å². The summed E-state index contributed by atoms with van der Waals surface area (Å²) in [5.41, 5.74) is -0.220.